The molecule has 1 heterocycles. The van der Waals surface area contributed by atoms with Gasteiger partial charge in [-0.25, -0.2) is 0 Å². The second-order valence-electron chi connectivity index (χ2n) is 9.67. The predicted octanol–water partition coefficient (Wildman–Crippen LogP) is 6.63. The van der Waals surface area contributed by atoms with Crippen molar-refractivity contribution < 1.29 is 14.6 Å². The summed E-state index contributed by atoms with van der Waals surface area (Å²) in [5.74, 6) is 1.93. The smallest absolute Gasteiger partial charge is 0.157 e. The van der Waals surface area contributed by atoms with Crippen LogP contribution in [-0.4, -0.2) is 31.2 Å². The first-order valence-electron chi connectivity index (χ1n) is 12.7. The number of ether oxygens (including phenoxy) is 2. The van der Waals surface area contributed by atoms with Gasteiger partial charge in [-0.2, -0.15) is 0 Å². The monoisotopic (exact) mass is 416 g/mol. The zero-order valence-electron chi connectivity index (χ0n) is 19.2. The van der Waals surface area contributed by atoms with Crippen molar-refractivity contribution in [3.05, 3.63) is 35.4 Å². The van der Waals surface area contributed by atoms with Gasteiger partial charge in [-0.1, -0.05) is 56.9 Å². The minimum atomic E-state index is -0.0613. The number of aryl methyl sites for hydroxylation is 1. The lowest BCUT2D eigenvalue weighted by Crippen LogP contribution is -2.26. The first-order valence-corrected chi connectivity index (χ1v) is 12.7. The van der Waals surface area contributed by atoms with Crippen molar-refractivity contribution in [1.82, 2.24) is 0 Å². The Kier molecular flexibility index (Phi) is 10.7. The van der Waals surface area contributed by atoms with Crippen LogP contribution in [0.2, 0.25) is 0 Å². The molecule has 1 saturated carbocycles. The SMILES string of the molecule is CCCCCC1CCC(c2ccc(CCC(CO)COC3CCCCO3)cc2)CC1. The van der Waals surface area contributed by atoms with Crippen LogP contribution in [-0.2, 0) is 15.9 Å². The Labute approximate surface area is 184 Å². The van der Waals surface area contributed by atoms with Gasteiger partial charge >= 0.3 is 0 Å². The van der Waals surface area contributed by atoms with Crippen LogP contribution < -0.4 is 0 Å². The first-order chi connectivity index (χ1) is 14.8. The molecule has 0 amide bonds. The fourth-order valence-electron chi connectivity index (χ4n) is 5.11. The van der Waals surface area contributed by atoms with Gasteiger partial charge in [0.15, 0.2) is 6.29 Å². The van der Waals surface area contributed by atoms with Gasteiger partial charge in [0.2, 0.25) is 0 Å². The zero-order valence-corrected chi connectivity index (χ0v) is 19.2. The van der Waals surface area contributed by atoms with Crippen LogP contribution in [0.4, 0.5) is 0 Å². The highest BCUT2D eigenvalue weighted by Gasteiger charge is 2.22. The molecule has 1 aliphatic heterocycles. The lowest BCUT2D eigenvalue weighted by atomic mass is 9.77. The van der Waals surface area contributed by atoms with Crippen molar-refractivity contribution in [1.29, 1.82) is 0 Å². The molecular formula is C27H44O3. The molecule has 3 nitrogen and oxygen atoms in total. The predicted molar refractivity (Wildman–Crippen MR) is 124 cm³/mol. The van der Waals surface area contributed by atoms with Gasteiger partial charge in [-0.3, -0.25) is 0 Å². The van der Waals surface area contributed by atoms with Crippen molar-refractivity contribution in [2.75, 3.05) is 19.8 Å². The Hall–Kier alpha value is -0.900. The molecule has 1 N–H and O–H groups in total. The molecule has 1 aromatic rings. The summed E-state index contributed by atoms with van der Waals surface area (Å²) in [4.78, 5) is 0. The summed E-state index contributed by atoms with van der Waals surface area (Å²) in [6.07, 6.45) is 16.4. The summed E-state index contributed by atoms with van der Waals surface area (Å²) in [6, 6.07) is 9.33. The molecule has 2 unspecified atom stereocenters. The van der Waals surface area contributed by atoms with Crippen LogP contribution in [0.5, 0.6) is 0 Å². The number of rotatable bonds is 12. The van der Waals surface area contributed by atoms with Crippen LogP contribution in [0.3, 0.4) is 0 Å². The summed E-state index contributed by atoms with van der Waals surface area (Å²) < 4.78 is 11.5. The minimum Gasteiger partial charge on any atom is -0.396 e. The average molecular weight is 417 g/mol. The quantitative estimate of drug-likeness (QED) is 0.389. The maximum absolute atomic E-state index is 9.72. The Morgan fingerprint density at radius 1 is 1.03 bits per heavy atom. The molecule has 0 radical (unpaired) electrons. The van der Waals surface area contributed by atoms with Crippen LogP contribution in [0.15, 0.2) is 24.3 Å². The third-order valence-electron chi connectivity index (χ3n) is 7.27. The normalized spacial score (nSPS) is 25.9. The largest absolute Gasteiger partial charge is 0.396 e. The molecular weight excluding hydrogens is 372 g/mol. The fourth-order valence-corrected chi connectivity index (χ4v) is 5.11. The van der Waals surface area contributed by atoms with Gasteiger partial charge in [-0.15, -0.1) is 0 Å². The molecule has 170 valence electrons. The number of aliphatic hydroxyl groups is 1. The second-order valence-corrected chi connectivity index (χ2v) is 9.67. The van der Waals surface area contributed by atoms with Gasteiger partial charge < -0.3 is 14.6 Å². The zero-order chi connectivity index (χ0) is 21.0. The highest BCUT2D eigenvalue weighted by Crippen LogP contribution is 2.37. The van der Waals surface area contributed by atoms with Gasteiger partial charge in [0.05, 0.1) is 6.61 Å². The van der Waals surface area contributed by atoms with E-state index in [9.17, 15) is 5.11 Å². The minimum absolute atomic E-state index is 0.0613. The second kappa shape index (κ2) is 13.5. The van der Waals surface area contributed by atoms with Gasteiger partial charge in [0.25, 0.3) is 0 Å². The molecule has 2 aliphatic rings. The maximum Gasteiger partial charge on any atom is 0.157 e. The van der Waals surface area contributed by atoms with E-state index in [4.69, 9.17) is 9.47 Å². The highest BCUT2D eigenvalue weighted by atomic mass is 16.7. The molecule has 2 atom stereocenters. The van der Waals surface area contributed by atoms with Gasteiger partial charge in [0.1, 0.15) is 0 Å². The number of aliphatic hydroxyl groups excluding tert-OH is 1. The molecule has 0 spiro atoms. The molecule has 0 aromatic heterocycles. The number of benzene rings is 1. The molecule has 3 heteroatoms. The summed E-state index contributed by atoms with van der Waals surface area (Å²) >= 11 is 0. The Balaban J connectivity index is 1.36. The summed E-state index contributed by atoms with van der Waals surface area (Å²) in [5, 5.41) is 9.72. The van der Waals surface area contributed by atoms with Crippen molar-refractivity contribution in [3.63, 3.8) is 0 Å². The lowest BCUT2D eigenvalue weighted by Gasteiger charge is -2.29. The van der Waals surface area contributed by atoms with Crippen LogP contribution in [0, 0.1) is 11.8 Å². The summed E-state index contributed by atoms with van der Waals surface area (Å²) in [5.41, 5.74) is 2.90. The summed E-state index contributed by atoms with van der Waals surface area (Å²) in [6.45, 7) is 3.89. The van der Waals surface area contributed by atoms with Gasteiger partial charge in [-0.05, 0) is 80.8 Å². The first kappa shape index (κ1) is 23.8. The molecule has 0 bridgehead atoms. The number of unbranched alkanes of at least 4 members (excludes halogenated alkanes) is 2. The van der Waals surface area contributed by atoms with E-state index < -0.39 is 0 Å². The van der Waals surface area contributed by atoms with Crippen molar-refractivity contribution in [2.24, 2.45) is 11.8 Å². The van der Waals surface area contributed by atoms with Crippen molar-refractivity contribution >= 4 is 0 Å². The lowest BCUT2D eigenvalue weighted by molar-refractivity contribution is -0.171. The van der Waals surface area contributed by atoms with E-state index in [0.29, 0.717) is 6.61 Å². The summed E-state index contributed by atoms with van der Waals surface area (Å²) in [7, 11) is 0. The van der Waals surface area contributed by atoms with Crippen molar-refractivity contribution in [2.45, 2.75) is 103 Å². The molecule has 30 heavy (non-hydrogen) atoms. The standard InChI is InChI=1S/C27H44O3/c1-2-3-4-7-22-11-15-25(16-12-22)26-17-13-23(14-18-26)9-10-24(20-28)21-30-27-8-5-6-19-29-27/h13-14,17-18,22,24-25,27-28H,2-12,15-16,19-21H2,1H3. The molecule has 1 aromatic carbocycles. The van der Waals surface area contributed by atoms with E-state index >= 15 is 0 Å². The van der Waals surface area contributed by atoms with E-state index in [1.54, 1.807) is 0 Å². The topological polar surface area (TPSA) is 38.7 Å². The molecule has 2 fully saturated rings. The van der Waals surface area contributed by atoms with Gasteiger partial charge in [0, 0.05) is 19.1 Å². The Bertz CT molecular complexity index is 556. The molecule has 3 rings (SSSR count). The van der Waals surface area contributed by atoms with E-state index in [0.717, 1.165) is 44.1 Å². The van der Waals surface area contributed by atoms with E-state index in [1.807, 2.05) is 0 Å². The fraction of sp³-hybridized carbons (Fsp3) is 0.778. The molecule has 1 saturated heterocycles. The van der Waals surface area contributed by atoms with E-state index in [2.05, 4.69) is 31.2 Å². The number of hydrogen-bond donors (Lipinski definition) is 1. The number of hydrogen-bond acceptors (Lipinski definition) is 3. The Morgan fingerprint density at radius 2 is 1.83 bits per heavy atom. The average Bonchev–Trinajstić information content (AvgIpc) is 2.81. The molecule has 1 aliphatic carbocycles. The van der Waals surface area contributed by atoms with Crippen molar-refractivity contribution in [3.8, 4) is 0 Å². The Morgan fingerprint density at radius 3 is 2.50 bits per heavy atom. The van der Waals surface area contributed by atoms with E-state index in [1.165, 1.54) is 68.9 Å². The van der Waals surface area contributed by atoms with E-state index in [-0.39, 0.29) is 18.8 Å². The highest BCUT2D eigenvalue weighted by molar-refractivity contribution is 5.26. The van der Waals surface area contributed by atoms with Crippen LogP contribution in [0.25, 0.3) is 0 Å². The maximum atomic E-state index is 9.72. The van der Waals surface area contributed by atoms with Crippen LogP contribution >= 0.6 is 0 Å². The third kappa shape index (κ3) is 7.98. The van der Waals surface area contributed by atoms with Crippen LogP contribution in [0.1, 0.15) is 101 Å². The third-order valence-corrected chi connectivity index (χ3v) is 7.27.